The summed E-state index contributed by atoms with van der Waals surface area (Å²) in [6.45, 7) is 2.04. The lowest BCUT2D eigenvalue weighted by molar-refractivity contribution is -0.143. The van der Waals surface area contributed by atoms with Crippen LogP contribution in [0.4, 0.5) is 18.9 Å². The molecule has 4 nitrogen and oxygen atoms in total. The Hall–Kier alpha value is -1.70. The molecule has 1 atom stereocenters. The molecule has 1 aromatic rings. The number of carbonyl (C=O) groups excluding carboxylic acids is 1. The highest BCUT2D eigenvalue weighted by Gasteiger charge is 2.30. The molecule has 0 saturated heterocycles. The number of rotatable bonds is 4. The molecule has 1 aliphatic rings. The first-order chi connectivity index (χ1) is 10.4. The first kappa shape index (κ1) is 16.7. The van der Waals surface area contributed by atoms with Crippen molar-refractivity contribution in [1.29, 1.82) is 0 Å². The van der Waals surface area contributed by atoms with Gasteiger partial charge in [-0.15, -0.1) is 0 Å². The van der Waals surface area contributed by atoms with Gasteiger partial charge >= 0.3 is 12.1 Å². The maximum Gasteiger partial charge on any atom is 0.416 e. The van der Waals surface area contributed by atoms with Crippen LogP contribution in [0, 0.1) is 0 Å². The number of aliphatic imine (C=N–C) groups is 1. The summed E-state index contributed by atoms with van der Waals surface area (Å²) in [7, 11) is 0. The fourth-order valence-corrected chi connectivity index (χ4v) is 2.85. The van der Waals surface area contributed by atoms with Crippen molar-refractivity contribution in [2.75, 3.05) is 17.7 Å². The summed E-state index contributed by atoms with van der Waals surface area (Å²) in [5.41, 5.74) is -0.401. The minimum absolute atomic E-state index is 0.175. The van der Waals surface area contributed by atoms with E-state index in [9.17, 15) is 18.0 Å². The largest absolute Gasteiger partial charge is 0.466 e. The van der Waals surface area contributed by atoms with Crippen LogP contribution < -0.4 is 5.32 Å². The van der Waals surface area contributed by atoms with E-state index >= 15 is 0 Å². The monoisotopic (exact) mass is 332 g/mol. The van der Waals surface area contributed by atoms with Gasteiger partial charge in [-0.1, -0.05) is 17.8 Å². The summed E-state index contributed by atoms with van der Waals surface area (Å²) in [4.78, 5) is 15.7. The van der Waals surface area contributed by atoms with Gasteiger partial charge in [0.2, 0.25) is 0 Å². The number of anilines is 1. The average Bonchev–Trinajstić information content (AvgIpc) is 2.85. The summed E-state index contributed by atoms with van der Waals surface area (Å²) in [5, 5.41) is 3.36. The van der Waals surface area contributed by atoms with Gasteiger partial charge in [-0.2, -0.15) is 13.2 Å². The summed E-state index contributed by atoms with van der Waals surface area (Å²) >= 11 is 1.37. The Labute approximate surface area is 130 Å². The van der Waals surface area contributed by atoms with Gasteiger partial charge in [0, 0.05) is 11.4 Å². The molecular weight excluding hydrogens is 317 g/mol. The topological polar surface area (TPSA) is 50.7 Å². The van der Waals surface area contributed by atoms with Crippen LogP contribution in [-0.4, -0.2) is 29.5 Å². The van der Waals surface area contributed by atoms with Crippen molar-refractivity contribution >= 4 is 28.6 Å². The van der Waals surface area contributed by atoms with Gasteiger partial charge in [0.25, 0.3) is 0 Å². The molecule has 1 aliphatic heterocycles. The van der Waals surface area contributed by atoms with Crippen LogP contribution in [0.3, 0.4) is 0 Å². The number of nitrogens with zero attached hydrogens (tertiary/aromatic N) is 1. The lowest BCUT2D eigenvalue weighted by Crippen LogP contribution is -2.14. The molecule has 0 radical (unpaired) electrons. The molecule has 1 heterocycles. The van der Waals surface area contributed by atoms with Gasteiger partial charge in [-0.05, 0) is 25.1 Å². The number of amidine groups is 1. The number of ether oxygens (including phenoxy) is 1. The highest BCUT2D eigenvalue weighted by molar-refractivity contribution is 8.14. The van der Waals surface area contributed by atoms with Crippen LogP contribution >= 0.6 is 11.8 Å². The second-order valence-electron chi connectivity index (χ2n) is 4.61. The number of esters is 1. The highest BCUT2D eigenvalue weighted by Crippen LogP contribution is 2.31. The number of thioether (sulfide) groups is 1. The van der Waals surface area contributed by atoms with E-state index in [0.29, 0.717) is 23.2 Å². The zero-order valence-corrected chi connectivity index (χ0v) is 12.6. The standard InChI is InChI=1S/C14H15F3N2O2S/c1-2-21-12(20)7-11-8-22-13(19-11)18-10-5-3-4-9(6-10)14(15,16)17/h3-6,11H,2,7-8H2,1H3,(H,18,19). The number of hydrogen-bond donors (Lipinski definition) is 1. The van der Waals surface area contributed by atoms with E-state index < -0.39 is 11.7 Å². The molecule has 0 fully saturated rings. The predicted octanol–water partition coefficient (Wildman–Crippen LogP) is 3.54. The second kappa shape index (κ2) is 7.04. The Balaban J connectivity index is 1.98. The molecule has 0 aromatic heterocycles. The number of carbonyl (C=O) groups is 1. The van der Waals surface area contributed by atoms with Crippen LogP contribution in [0.1, 0.15) is 18.9 Å². The highest BCUT2D eigenvalue weighted by atomic mass is 32.2. The quantitative estimate of drug-likeness (QED) is 0.857. The molecule has 120 valence electrons. The SMILES string of the molecule is CCOC(=O)CC1CSC(Nc2cccc(C(F)(F)F)c2)=N1. The molecule has 1 aromatic carbocycles. The van der Waals surface area contributed by atoms with E-state index in [1.54, 1.807) is 6.92 Å². The zero-order chi connectivity index (χ0) is 16.2. The minimum atomic E-state index is -4.38. The fourth-order valence-electron chi connectivity index (χ4n) is 1.90. The summed E-state index contributed by atoms with van der Waals surface area (Å²) in [6.07, 6.45) is -4.20. The Morgan fingerprint density at radius 2 is 2.27 bits per heavy atom. The van der Waals surface area contributed by atoms with Crippen molar-refractivity contribution in [2.45, 2.75) is 25.6 Å². The third-order valence-corrected chi connectivity index (χ3v) is 3.89. The lowest BCUT2D eigenvalue weighted by atomic mass is 10.2. The van der Waals surface area contributed by atoms with Crippen molar-refractivity contribution < 1.29 is 22.7 Å². The second-order valence-corrected chi connectivity index (χ2v) is 5.62. The molecule has 2 rings (SSSR count). The smallest absolute Gasteiger partial charge is 0.416 e. The molecule has 0 spiro atoms. The summed E-state index contributed by atoms with van der Waals surface area (Å²) in [5.74, 6) is 0.275. The molecule has 0 aliphatic carbocycles. The van der Waals surface area contributed by atoms with Crippen molar-refractivity contribution in [2.24, 2.45) is 4.99 Å². The van der Waals surface area contributed by atoms with Gasteiger partial charge in [0.15, 0.2) is 5.17 Å². The van der Waals surface area contributed by atoms with Gasteiger partial charge < -0.3 is 10.1 Å². The van der Waals surface area contributed by atoms with E-state index in [1.165, 1.54) is 23.9 Å². The van der Waals surface area contributed by atoms with Crippen LogP contribution in [0.2, 0.25) is 0 Å². The summed E-state index contributed by atoms with van der Waals surface area (Å²) in [6, 6.07) is 4.70. The van der Waals surface area contributed by atoms with Crippen LogP contribution in [0.25, 0.3) is 0 Å². The normalized spacial score (nSPS) is 18.0. The van der Waals surface area contributed by atoms with E-state index in [-0.39, 0.29) is 18.4 Å². The van der Waals surface area contributed by atoms with Crippen molar-refractivity contribution in [3.8, 4) is 0 Å². The molecule has 22 heavy (non-hydrogen) atoms. The molecule has 0 amide bonds. The van der Waals surface area contributed by atoms with Gasteiger partial charge in [-0.25, -0.2) is 0 Å². The lowest BCUT2D eigenvalue weighted by Gasteiger charge is -2.09. The molecule has 1 unspecified atom stereocenters. The van der Waals surface area contributed by atoms with E-state index in [2.05, 4.69) is 10.3 Å². The number of hydrogen-bond acceptors (Lipinski definition) is 5. The Kier molecular flexibility index (Phi) is 5.33. The summed E-state index contributed by atoms with van der Waals surface area (Å²) < 4.78 is 42.8. The molecule has 8 heteroatoms. The number of benzene rings is 1. The Morgan fingerprint density at radius 3 is 2.95 bits per heavy atom. The predicted molar refractivity (Wildman–Crippen MR) is 80.0 cm³/mol. The minimum Gasteiger partial charge on any atom is -0.466 e. The van der Waals surface area contributed by atoms with Crippen LogP contribution in [0.15, 0.2) is 29.3 Å². The van der Waals surface area contributed by atoms with Gasteiger partial charge in [0.05, 0.1) is 24.6 Å². The van der Waals surface area contributed by atoms with Crippen LogP contribution in [0.5, 0.6) is 0 Å². The third-order valence-electron chi connectivity index (χ3n) is 2.86. The Bertz CT molecular complexity index is 575. The molecule has 0 saturated carbocycles. The zero-order valence-electron chi connectivity index (χ0n) is 11.8. The number of alkyl halides is 3. The van der Waals surface area contributed by atoms with Crippen molar-refractivity contribution in [1.82, 2.24) is 0 Å². The van der Waals surface area contributed by atoms with E-state index in [0.717, 1.165) is 12.1 Å². The van der Waals surface area contributed by atoms with Crippen LogP contribution in [-0.2, 0) is 15.7 Å². The Morgan fingerprint density at radius 1 is 1.50 bits per heavy atom. The third kappa shape index (κ3) is 4.66. The maximum absolute atomic E-state index is 12.6. The van der Waals surface area contributed by atoms with E-state index in [4.69, 9.17) is 4.74 Å². The van der Waals surface area contributed by atoms with Crippen molar-refractivity contribution in [3.05, 3.63) is 29.8 Å². The van der Waals surface area contributed by atoms with E-state index in [1.807, 2.05) is 0 Å². The maximum atomic E-state index is 12.6. The average molecular weight is 332 g/mol. The molecule has 1 N–H and O–H groups in total. The van der Waals surface area contributed by atoms with Crippen molar-refractivity contribution in [3.63, 3.8) is 0 Å². The van der Waals surface area contributed by atoms with Gasteiger partial charge in [-0.3, -0.25) is 9.79 Å². The first-order valence-corrected chi connectivity index (χ1v) is 7.67. The molecule has 0 bridgehead atoms. The molecular formula is C14H15F3N2O2S. The first-order valence-electron chi connectivity index (χ1n) is 6.69. The fraction of sp³-hybridized carbons (Fsp3) is 0.429. The number of nitrogens with one attached hydrogen (secondary N) is 1. The van der Waals surface area contributed by atoms with Gasteiger partial charge in [0.1, 0.15) is 0 Å². The number of halogens is 3.